The van der Waals surface area contributed by atoms with Crippen LogP contribution in [0.4, 0.5) is 0 Å². The van der Waals surface area contributed by atoms with Crippen molar-refractivity contribution in [1.29, 1.82) is 0 Å². The monoisotopic (exact) mass is 214 g/mol. The molecule has 0 spiro atoms. The van der Waals surface area contributed by atoms with E-state index in [9.17, 15) is 4.79 Å². The number of H-pyrrole nitrogens is 1. The van der Waals surface area contributed by atoms with Gasteiger partial charge in [-0.15, -0.1) is 0 Å². The molecule has 2 aromatic rings. The maximum absolute atomic E-state index is 10.9. The molecule has 3 nitrogen and oxygen atoms in total. The Labute approximate surface area is 83.3 Å². The third kappa shape index (κ3) is 1.41. The Hall–Kier alpha value is -1.06. The number of halogens is 2. The molecule has 0 aliphatic carbocycles. The fraction of sp³-hybridized carbons (Fsp3) is 0. The Morgan fingerprint density at radius 3 is 2.85 bits per heavy atom. The fourth-order valence-corrected chi connectivity index (χ4v) is 1.42. The molecule has 0 amide bonds. The van der Waals surface area contributed by atoms with E-state index in [1.54, 1.807) is 12.1 Å². The van der Waals surface area contributed by atoms with Gasteiger partial charge in [0, 0.05) is 0 Å². The Morgan fingerprint density at radius 1 is 1.31 bits per heavy atom. The summed E-state index contributed by atoms with van der Waals surface area (Å²) in [7, 11) is 0. The Balaban J connectivity index is 2.95. The number of rotatable bonds is 0. The number of nitrogens with one attached hydrogen (secondary N) is 1. The van der Waals surface area contributed by atoms with E-state index in [4.69, 9.17) is 23.2 Å². The van der Waals surface area contributed by atoms with Crippen molar-refractivity contribution < 1.29 is 0 Å². The number of benzene rings is 1. The molecule has 0 unspecified atom stereocenters. The van der Waals surface area contributed by atoms with Gasteiger partial charge in [-0.1, -0.05) is 23.2 Å². The van der Waals surface area contributed by atoms with E-state index in [0.29, 0.717) is 21.1 Å². The van der Waals surface area contributed by atoms with Crippen molar-refractivity contribution in [3.63, 3.8) is 0 Å². The van der Waals surface area contributed by atoms with Crippen molar-refractivity contribution in [1.82, 2.24) is 9.97 Å². The van der Waals surface area contributed by atoms with E-state index in [1.165, 1.54) is 6.20 Å². The molecule has 5 heteroatoms. The molecule has 1 aromatic heterocycles. The lowest BCUT2D eigenvalue weighted by molar-refractivity contribution is 1.22. The minimum Gasteiger partial charge on any atom is -0.319 e. The van der Waals surface area contributed by atoms with Gasteiger partial charge in [-0.3, -0.25) is 4.79 Å². The zero-order valence-electron chi connectivity index (χ0n) is 6.34. The van der Waals surface area contributed by atoms with Gasteiger partial charge >= 0.3 is 0 Å². The molecule has 0 radical (unpaired) electrons. The maximum Gasteiger partial charge on any atom is 0.266 e. The molecule has 0 fully saturated rings. The quantitative estimate of drug-likeness (QED) is 0.732. The van der Waals surface area contributed by atoms with Gasteiger partial charge in [0.2, 0.25) is 0 Å². The first kappa shape index (κ1) is 8.53. The van der Waals surface area contributed by atoms with Gasteiger partial charge in [0.15, 0.2) is 0 Å². The molecule has 0 aliphatic rings. The predicted molar refractivity (Wildman–Crippen MR) is 52.4 cm³/mol. The van der Waals surface area contributed by atoms with E-state index in [1.807, 2.05) is 0 Å². The summed E-state index contributed by atoms with van der Waals surface area (Å²) in [6.45, 7) is 0. The second-order valence-electron chi connectivity index (χ2n) is 2.50. The van der Waals surface area contributed by atoms with Crippen molar-refractivity contribution in [2.75, 3.05) is 0 Å². The SMILES string of the molecule is O=c1cnc2c(Cl)c(Cl)ccc2[nH]1. The zero-order valence-corrected chi connectivity index (χ0v) is 7.86. The molecule has 0 aliphatic heterocycles. The zero-order chi connectivity index (χ0) is 9.42. The van der Waals surface area contributed by atoms with Crippen LogP contribution in [0.5, 0.6) is 0 Å². The van der Waals surface area contributed by atoms with Gasteiger partial charge in [0.1, 0.15) is 5.52 Å². The molecular formula is C8H4Cl2N2O. The van der Waals surface area contributed by atoms with Crippen LogP contribution in [-0.2, 0) is 0 Å². The fourth-order valence-electron chi connectivity index (χ4n) is 1.06. The van der Waals surface area contributed by atoms with Gasteiger partial charge in [0.25, 0.3) is 5.56 Å². The number of nitrogens with zero attached hydrogens (tertiary/aromatic N) is 1. The number of aromatic amines is 1. The number of aromatic nitrogens is 2. The van der Waals surface area contributed by atoms with Crippen molar-refractivity contribution >= 4 is 34.2 Å². The molecule has 0 saturated heterocycles. The number of hydrogen-bond acceptors (Lipinski definition) is 2. The second-order valence-corrected chi connectivity index (χ2v) is 3.29. The molecule has 0 saturated carbocycles. The molecular weight excluding hydrogens is 211 g/mol. The third-order valence-corrected chi connectivity index (χ3v) is 2.43. The normalized spacial score (nSPS) is 10.6. The topological polar surface area (TPSA) is 45.8 Å². The van der Waals surface area contributed by atoms with Gasteiger partial charge in [0.05, 0.1) is 21.8 Å². The highest BCUT2D eigenvalue weighted by atomic mass is 35.5. The molecule has 1 N–H and O–H groups in total. The number of fused-ring (bicyclic) bond motifs is 1. The summed E-state index contributed by atoms with van der Waals surface area (Å²) in [5, 5.41) is 0.782. The van der Waals surface area contributed by atoms with Crippen LogP contribution in [0.15, 0.2) is 23.1 Å². The summed E-state index contributed by atoms with van der Waals surface area (Å²) < 4.78 is 0. The minimum atomic E-state index is -0.258. The van der Waals surface area contributed by atoms with Crippen LogP contribution in [0, 0.1) is 0 Å². The summed E-state index contributed by atoms with van der Waals surface area (Å²) >= 11 is 11.6. The van der Waals surface area contributed by atoms with Crippen LogP contribution in [-0.4, -0.2) is 9.97 Å². The van der Waals surface area contributed by atoms with Gasteiger partial charge in [-0.25, -0.2) is 4.98 Å². The van der Waals surface area contributed by atoms with Crippen LogP contribution in [0.2, 0.25) is 10.0 Å². The van der Waals surface area contributed by atoms with E-state index in [2.05, 4.69) is 9.97 Å². The standard InChI is InChI=1S/C8H4Cl2N2O/c9-4-1-2-5-8(7(4)10)11-3-6(13)12-5/h1-3H,(H,12,13). The van der Waals surface area contributed by atoms with Crippen molar-refractivity contribution in [2.24, 2.45) is 0 Å². The molecule has 0 bridgehead atoms. The average Bonchev–Trinajstić information content (AvgIpc) is 2.12. The summed E-state index contributed by atoms with van der Waals surface area (Å²) in [6.07, 6.45) is 1.17. The molecule has 0 atom stereocenters. The van der Waals surface area contributed by atoms with Crippen molar-refractivity contribution in [3.8, 4) is 0 Å². The first-order chi connectivity index (χ1) is 6.18. The lowest BCUT2D eigenvalue weighted by Gasteiger charge is -1.99. The lowest BCUT2D eigenvalue weighted by atomic mass is 10.3. The molecule has 13 heavy (non-hydrogen) atoms. The summed E-state index contributed by atoms with van der Waals surface area (Å²) in [6, 6.07) is 3.28. The summed E-state index contributed by atoms with van der Waals surface area (Å²) in [4.78, 5) is 17.4. The van der Waals surface area contributed by atoms with E-state index in [0.717, 1.165) is 0 Å². The molecule has 1 heterocycles. The van der Waals surface area contributed by atoms with E-state index in [-0.39, 0.29) is 5.56 Å². The minimum absolute atomic E-state index is 0.258. The second kappa shape index (κ2) is 3.01. The Morgan fingerprint density at radius 2 is 2.08 bits per heavy atom. The lowest BCUT2D eigenvalue weighted by Crippen LogP contribution is -2.04. The highest BCUT2D eigenvalue weighted by molar-refractivity contribution is 6.44. The highest BCUT2D eigenvalue weighted by Crippen LogP contribution is 2.27. The largest absolute Gasteiger partial charge is 0.319 e. The average molecular weight is 215 g/mol. The predicted octanol–water partition coefficient (Wildman–Crippen LogP) is 2.23. The van der Waals surface area contributed by atoms with Crippen molar-refractivity contribution in [3.05, 3.63) is 38.7 Å². The summed E-state index contributed by atoms with van der Waals surface area (Å²) in [5.41, 5.74) is 0.835. The molecule has 66 valence electrons. The molecule has 2 rings (SSSR count). The van der Waals surface area contributed by atoms with E-state index < -0.39 is 0 Å². The van der Waals surface area contributed by atoms with Crippen LogP contribution >= 0.6 is 23.2 Å². The molecule has 1 aromatic carbocycles. The van der Waals surface area contributed by atoms with Crippen LogP contribution in [0.3, 0.4) is 0 Å². The van der Waals surface area contributed by atoms with Gasteiger partial charge in [-0.2, -0.15) is 0 Å². The van der Waals surface area contributed by atoms with Crippen LogP contribution in [0.25, 0.3) is 11.0 Å². The van der Waals surface area contributed by atoms with Gasteiger partial charge < -0.3 is 4.98 Å². The highest BCUT2D eigenvalue weighted by Gasteiger charge is 2.04. The van der Waals surface area contributed by atoms with Gasteiger partial charge in [-0.05, 0) is 12.1 Å². The van der Waals surface area contributed by atoms with E-state index >= 15 is 0 Å². The Bertz CT molecular complexity index is 521. The number of hydrogen-bond donors (Lipinski definition) is 1. The maximum atomic E-state index is 10.9. The van der Waals surface area contributed by atoms with Crippen LogP contribution < -0.4 is 5.56 Å². The summed E-state index contributed by atoms with van der Waals surface area (Å²) in [5.74, 6) is 0. The smallest absolute Gasteiger partial charge is 0.266 e. The Kier molecular flexibility index (Phi) is 1.98. The third-order valence-electron chi connectivity index (χ3n) is 1.64. The first-order valence-corrected chi connectivity index (χ1v) is 4.27. The first-order valence-electron chi connectivity index (χ1n) is 3.51. The van der Waals surface area contributed by atoms with Crippen LogP contribution in [0.1, 0.15) is 0 Å². The van der Waals surface area contributed by atoms with Crippen molar-refractivity contribution in [2.45, 2.75) is 0 Å².